The fraction of sp³-hybridized carbons (Fsp3) is 0.500. The highest BCUT2D eigenvalue weighted by Gasteiger charge is 2.30. The van der Waals surface area contributed by atoms with Crippen molar-refractivity contribution in [2.75, 3.05) is 13.1 Å². The largest absolute Gasteiger partial charge is 0.481 e. The molecule has 3 rings (SSSR count). The molecule has 0 bridgehead atoms. The zero-order valence-electron chi connectivity index (χ0n) is 12.5. The topological polar surface area (TPSA) is 101 Å². The third-order valence-corrected chi connectivity index (χ3v) is 3.87. The predicted molar refractivity (Wildman–Crippen MR) is 76.5 cm³/mol. The van der Waals surface area contributed by atoms with Gasteiger partial charge < -0.3 is 10.0 Å². The van der Waals surface area contributed by atoms with Crippen LogP contribution in [-0.2, 0) is 4.79 Å². The number of amides is 1. The summed E-state index contributed by atoms with van der Waals surface area (Å²) in [4.78, 5) is 33.5. The van der Waals surface area contributed by atoms with E-state index in [0.717, 1.165) is 11.4 Å². The van der Waals surface area contributed by atoms with Gasteiger partial charge >= 0.3 is 5.97 Å². The van der Waals surface area contributed by atoms with Gasteiger partial charge in [0, 0.05) is 24.5 Å². The standard InChI is InChI=1S/C14H17N5O3/c1-8-6-9(2)19-14(15-8)16-11(17-19)12(20)18-5-3-4-10(7-18)13(21)22/h6,10H,3-5,7H2,1-2H3,(H,21,22)/t10-/m0/s1. The third kappa shape index (κ3) is 2.51. The smallest absolute Gasteiger partial charge is 0.308 e. The normalized spacial score (nSPS) is 18.6. The van der Waals surface area contributed by atoms with Crippen LogP contribution in [0.1, 0.15) is 34.8 Å². The van der Waals surface area contributed by atoms with Crippen LogP contribution in [0.15, 0.2) is 6.07 Å². The number of carboxylic acids is 1. The van der Waals surface area contributed by atoms with Crippen molar-refractivity contribution in [1.29, 1.82) is 0 Å². The number of nitrogens with zero attached hydrogens (tertiary/aromatic N) is 5. The molecule has 8 nitrogen and oxygen atoms in total. The first-order valence-corrected chi connectivity index (χ1v) is 7.19. The van der Waals surface area contributed by atoms with E-state index in [1.54, 1.807) is 0 Å². The molecule has 1 saturated heterocycles. The Balaban J connectivity index is 1.89. The number of carbonyl (C=O) groups excluding carboxylic acids is 1. The quantitative estimate of drug-likeness (QED) is 0.875. The highest BCUT2D eigenvalue weighted by Crippen LogP contribution is 2.18. The number of hydrogen-bond acceptors (Lipinski definition) is 5. The van der Waals surface area contributed by atoms with Crippen LogP contribution in [0.2, 0.25) is 0 Å². The number of aliphatic carboxylic acids is 1. The number of fused-ring (bicyclic) bond motifs is 1. The van der Waals surface area contributed by atoms with Gasteiger partial charge in [-0.05, 0) is 32.8 Å². The van der Waals surface area contributed by atoms with Gasteiger partial charge in [0.2, 0.25) is 5.82 Å². The summed E-state index contributed by atoms with van der Waals surface area (Å²) in [5.41, 5.74) is 1.65. The molecule has 2 aromatic heterocycles. The first-order valence-electron chi connectivity index (χ1n) is 7.19. The van der Waals surface area contributed by atoms with Gasteiger partial charge in [-0.1, -0.05) is 0 Å². The summed E-state index contributed by atoms with van der Waals surface area (Å²) in [6, 6.07) is 1.86. The molecule has 0 saturated carbocycles. The second-order valence-electron chi connectivity index (χ2n) is 5.61. The van der Waals surface area contributed by atoms with Crippen LogP contribution in [0, 0.1) is 19.8 Å². The summed E-state index contributed by atoms with van der Waals surface area (Å²) in [7, 11) is 0. The Labute approximate surface area is 126 Å². The molecular weight excluding hydrogens is 286 g/mol. The van der Waals surface area contributed by atoms with Crippen LogP contribution in [0.5, 0.6) is 0 Å². The van der Waals surface area contributed by atoms with E-state index in [-0.39, 0.29) is 18.3 Å². The maximum Gasteiger partial charge on any atom is 0.308 e. The zero-order chi connectivity index (χ0) is 15.9. The molecule has 0 radical (unpaired) electrons. The van der Waals surface area contributed by atoms with Gasteiger partial charge in [0.1, 0.15) is 0 Å². The summed E-state index contributed by atoms with van der Waals surface area (Å²) >= 11 is 0. The van der Waals surface area contributed by atoms with Crippen LogP contribution >= 0.6 is 0 Å². The number of hydrogen-bond donors (Lipinski definition) is 1. The van der Waals surface area contributed by atoms with Crippen LogP contribution < -0.4 is 0 Å². The number of aromatic nitrogens is 4. The van der Waals surface area contributed by atoms with E-state index < -0.39 is 11.9 Å². The van der Waals surface area contributed by atoms with E-state index in [1.165, 1.54) is 9.42 Å². The van der Waals surface area contributed by atoms with Crippen molar-refractivity contribution in [3.8, 4) is 0 Å². The van der Waals surface area contributed by atoms with Gasteiger partial charge in [0.05, 0.1) is 5.92 Å². The molecule has 22 heavy (non-hydrogen) atoms. The monoisotopic (exact) mass is 303 g/mol. The highest BCUT2D eigenvalue weighted by atomic mass is 16.4. The van der Waals surface area contributed by atoms with E-state index in [1.807, 2.05) is 19.9 Å². The van der Waals surface area contributed by atoms with Crippen molar-refractivity contribution in [3.63, 3.8) is 0 Å². The Bertz CT molecular complexity index is 754. The van der Waals surface area contributed by atoms with Gasteiger partial charge in [-0.25, -0.2) is 9.50 Å². The second kappa shape index (κ2) is 5.36. The van der Waals surface area contributed by atoms with Gasteiger partial charge in [0.25, 0.3) is 11.7 Å². The van der Waals surface area contributed by atoms with Crippen molar-refractivity contribution >= 4 is 17.7 Å². The second-order valence-corrected chi connectivity index (χ2v) is 5.61. The number of piperidine rings is 1. The van der Waals surface area contributed by atoms with E-state index in [9.17, 15) is 9.59 Å². The van der Waals surface area contributed by atoms with Gasteiger partial charge in [-0.15, -0.1) is 5.10 Å². The Kier molecular flexibility index (Phi) is 3.51. The molecule has 8 heteroatoms. The fourth-order valence-electron chi connectivity index (χ4n) is 2.76. The Morgan fingerprint density at radius 1 is 1.32 bits per heavy atom. The fourth-order valence-corrected chi connectivity index (χ4v) is 2.76. The summed E-state index contributed by atoms with van der Waals surface area (Å²) < 4.78 is 1.53. The van der Waals surface area contributed by atoms with Crippen LogP contribution in [0.25, 0.3) is 5.78 Å². The summed E-state index contributed by atoms with van der Waals surface area (Å²) in [5.74, 6) is -1.28. The number of rotatable bonds is 2. The average Bonchev–Trinajstić information content (AvgIpc) is 2.90. The van der Waals surface area contributed by atoms with Crippen LogP contribution in [0.4, 0.5) is 0 Å². The molecule has 1 amide bonds. The third-order valence-electron chi connectivity index (χ3n) is 3.87. The molecule has 1 fully saturated rings. The maximum atomic E-state index is 12.5. The molecule has 1 aliphatic heterocycles. The van der Waals surface area contributed by atoms with E-state index >= 15 is 0 Å². The molecule has 0 aromatic carbocycles. The van der Waals surface area contributed by atoms with E-state index in [4.69, 9.17) is 5.11 Å². The highest BCUT2D eigenvalue weighted by molar-refractivity contribution is 5.91. The lowest BCUT2D eigenvalue weighted by Gasteiger charge is -2.29. The SMILES string of the molecule is Cc1cc(C)n2nc(C(=O)N3CCC[C@H](C(=O)O)C3)nc2n1. The molecule has 1 N–H and O–H groups in total. The lowest BCUT2D eigenvalue weighted by Crippen LogP contribution is -2.42. The van der Waals surface area contributed by atoms with Crippen molar-refractivity contribution in [1.82, 2.24) is 24.5 Å². The lowest BCUT2D eigenvalue weighted by molar-refractivity contribution is -0.143. The Morgan fingerprint density at radius 3 is 2.82 bits per heavy atom. The lowest BCUT2D eigenvalue weighted by atomic mass is 9.98. The Hall–Kier alpha value is -2.51. The van der Waals surface area contributed by atoms with Gasteiger partial charge in [0.15, 0.2) is 0 Å². The van der Waals surface area contributed by atoms with E-state index in [0.29, 0.717) is 25.2 Å². The number of aryl methyl sites for hydroxylation is 2. The minimum atomic E-state index is -0.867. The van der Waals surface area contributed by atoms with Gasteiger partial charge in [-0.3, -0.25) is 9.59 Å². The van der Waals surface area contributed by atoms with Gasteiger partial charge in [-0.2, -0.15) is 4.98 Å². The minimum absolute atomic E-state index is 0.0623. The van der Waals surface area contributed by atoms with Crippen LogP contribution in [-0.4, -0.2) is 54.6 Å². The number of likely N-dealkylation sites (tertiary alicyclic amines) is 1. The summed E-state index contributed by atoms with van der Waals surface area (Å²) in [6.07, 6.45) is 1.27. The zero-order valence-corrected chi connectivity index (χ0v) is 12.5. The number of carboxylic acid groups (broad SMARTS) is 1. The Morgan fingerprint density at radius 2 is 2.09 bits per heavy atom. The predicted octanol–water partition coefficient (Wildman–Crippen LogP) is 0.678. The number of carbonyl (C=O) groups is 2. The van der Waals surface area contributed by atoms with E-state index in [2.05, 4.69) is 15.1 Å². The van der Waals surface area contributed by atoms with Crippen molar-refractivity contribution in [2.45, 2.75) is 26.7 Å². The van der Waals surface area contributed by atoms with Crippen molar-refractivity contribution in [3.05, 3.63) is 23.3 Å². The molecule has 2 aromatic rings. The van der Waals surface area contributed by atoms with Crippen LogP contribution in [0.3, 0.4) is 0 Å². The molecule has 116 valence electrons. The average molecular weight is 303 g/mol. The first-order chi connectivity index (χ1) is 10.5. The summed E-state index contributed by atoms with van der Waals surface area (Å²) in [5, 5.41) is 13.3. The van der Waals surface area contributed by atoms with Crippen molar-refractivity contribution < 1.29 is 14.7 Å². The molecule has 1 aliphatic rings. The maximum absolute atomic E-state index is 12.5. The molecule has 0 unspecified atom stereocenters. The summed E-state index contributed by atoms with van der Waals surface area (Å²) in [6.45, 7) is 4.45. The molecule has 3 heterocycles. The molecule has 1 atom stereocenters. The molecule has 0 aliphatic carbocycles. The minimum Gasteiger partial charge on any atom is -0.481 e. The molecular formula is C14H17N5O3. The first kappa shape index (κ1) is 14.4. The molecule has 0 spiro atoms. The van der Waals surface area contributed by atoms with Crippen molar-refractivity contribution in [2.24, 2.45) is 5.92 Å².